The van der Waals surface area contributed by atoms with E-state index < -0.39 is 46.2 Å². The Kier molecular flexibility index (Phi) is 5.32. The number of halogens is 8. The molecule has 0 bridgehead atoms. The van der Waals surface area contributed by atoms with E-state index in [1.54, 1.807) is 0 Å². The van der Waals surface area contributed by atoms with E-state index in [1.165, 1.54) is 24.3 Å². The van der Waals surface area contributed by atoms with Crippen LogP contribution in [-0.4, -0.2) is 32.0 Å². The van der Waals surface area contributed by atoms with Crippen LogP contribution in [-0.2, 0) is 19.1 Å². The summed E-state index contributed by atoms with van der Waals surface area (Å²) in [4.78, 5) is 15.0. The quantitative estimate of drug-likeness (QED) is 0.505. The van der Waals surface area contributed by atoms with Crippen molar-refractivity contribution in [1.29, 1.82) is 0 Å². The summed E-state index contributed by atoms with van der Waals surface area (Å²) in [5.74, 6) is -7.12. The van der Waals surface area contributed by atoms with Gasteiger partial charge in [-0.15, -0.1) is 11.3 Å². The smallest absolute Gasteiger partial charge is 0.459 e. The highest BCUT2D eigenvalue weighted by atomic mass is 32.1. The van der Waals surface area contributed by atoms with Gasteiger partial charge in [-0.05, 0) is 17.7 Å². The fourth-order valence-corrected chi connectivity index (χ4v) is 3.71. The third kappa shape index (κ3) is 3.98. The van der Waals surface area contributed by atoms with Gasteiger partial charge in [0.2, 0.25) is 0 Å². The molecule has 0 spiro atoms. The lowest BCUT2D eigenvalue weighted by Gasteiger charge is -2.19. The number of aryl methyl sites for hydroxylation is 1. The van der Waals surface area contributed by atoms with E-state index in [2.05, 4.69) is 10.1 Å². The summed E-state index contributed by atoms with van der Waals surface area (Å²) in [7, 11) is 0.784. The molecule has 2 heterocycles. The minimum atomic E-state index is -6.30. The van der Waals surface area contributed by atoms with Crippen LogP contribution in [0.2, 0.25) is 0 Å². The summed E-state index contributed by atoms with van der Waals surface area (Å²) < 4.78 is 107. The Labute approximate surface area is 171 Å². The van der Waals surface area contributed by atoms with Gasteiger partial charge in [-0.25, -0.2) is 9.78 Å². The Morgan fingerprint density at radius 2 is 1.74 bits per heavy atom. The molecule has 31 heavy (non-hydrogen) atoms. The number of aromatic nitrogens is 3. The molecular weight excluding hydrogens is 462 g/mol. The van der Waals surface area contributed by atoms with Crippen molar-refractivity contribution in [2.45, 2.75) is 18.3 Å². The molecule has 0 amide bonds. The second kappa shape index (κ2) is 7.28. The van der Waals surface area contributed by atoms with Gasteiger partial charge in [0.1, 0.15) is 16.3 Å². The summed E-state index contributed by atoms with van der Waals surface area (Å²) in [5.41, 5.74) is -5.68. The van der Waals surface area contributed by atoms with Crippen LogP contribution < -0.4 is 0 Å². The third-order valence-electron chi connectivity index (χ3n) is 4.09. The number of hydrogen-bond donors (Lipinski definition) is 1. The molecule has 14 heteroatoms. The van der Waals surface area contributed by atoms with Gasteiger partial charge in [0.15, 0.2) is 5.69 Å². The fraction of sp³-hybridized carbons (Fsp3) is 0.235. The van der Waals surface area contributed by atoms with Crippen LogP contribution in [0, 0.1) is 0 Å². The summed E-state index contributed by atoms with van der Waals surface area (Å²) >= 11 is 0.544. The van der Waals surface area contributed by atoms with E-state index in [4.69, 9.17) is 5.11 Å². The maximum atomic E-state index is 13.8. The summed E-state index contributed by atoms with van der Waals surface area (Å²) in [6, 6.07) is 5.27. The molecule has 5 nitrogen and oxygen atoms in total. The molecule has 0 atom stereocenters. The number of nitrogens with zero attached hydrogens (tertiary/aromatic N) is 3. The molecule has 0 aliphatic carbocycles. The first-order chi connectivity index (χ1) is 14.1. The molecule has 0 radical (unpaired) electrons. The largest absolute Gasteiger partial charge is 0.478 e. The van der Waals surface area contributed by atoms with Gasteiger partial charge in [0.25, 0.3) is 0 Å². The molecule has 0 aliphatic heterocycles. The number of benzene rings is 1. The zero-order valence-electron chi connectivity index (χ0n) is 15.0. The first kappa shape index (κ1) is 22.7. The minimum absolute atomic E-state index is 0.129. The maximum Gasteiger partial charge on any atom is 0.459 e. The number of carboxylic acid groups (broad SMARTS) is 1. The Morgan fingerprint density at radius 1 is 1.10 bits per heavy atom. The molecule has 0 aliphatic rings. The van der Waals surface area contributed by atoms with Crippen molar-refractivity contribution in [2.75, 3.05) is 0 Å². The Hall–Kier alpha value is -3.03. The number of thiazole rings is 1. The standard InChI is InChI=1S/C17H9F8N3O2S/c1-28-11(10(16(20,21)22)12(27-28)15(18,19)17(23,24)25)13-26-6-9(31-13)7-3-2-4-8(5-7)14(29)30/h2-6H,1H3,(H,29,30). The molecule has 0 saturated heterocycles. The molecule has 3 aromatic rings. The maximum absolute atomic E-state index is 13.8. The number of hydrogen-bond acceptors (Lipinski definition) is 4. The van der Waals surface area contributed by atoms with Crippen LogP contribution in [0.25, 0.3) is 21.1 Å². The van der Waals surface area contributed by atoms with Crippen LogP contribution >= 0.6 is 11.3 Å². The molecule has 0 saturated carbocycles. The number of rotatable bonds is 4. The van der Waals surface area contributed by atoms with Gasteiger partial charge in [0, 0.05) is 13.2 Å². The van der Waals surface area contributed by atoms with Crippen LogP contribution in [0.5, 0.6) is 0 Å². The topological polar surface area (TPSA) is 68.0 Å². The monoisotopic (exact) mass is 471 g/mol. The number of aromatic carboxylic acids is 1. The average Bonchev–Trinajstić information content (AvgIpc) is 3.25. The van der Waals surface area contributed by atoms with E-state index in [0.717, 1.165) is 13.2 Å². The molecule has 0 fully saturated rings. The van der Waals surface area contributed by atoms with Crippen molar-refractivity contribution >= 4 is 17.3 Å². The molecular formula is C17H9F8N3O2S. The van der Waals surface area contributed by atoms with Crippen LogP contribution in [0.15, 0.2) is 30.5 Å². The van der Waals surface area contributed by atoms with Gasteiger partial charge in [-0.2, -0.15) is 40.2 Å². The molecule has 1 N–H and O–H groups in total. The Balaban J connectivity index is 2.19. The lowest BCUT2D eigenvalue weighted by atomic mass is 10.1. The normalized spacial score (nSPS) is 12.9. The second-order valence-corrected chi connectivity index (χ2v) is 7.21. The predicted molar refractivity (Wildman–Crippen MR) is 91.7 cm³/mol. The van der Waals surface area contributed by atoms with E-state index in [9.17, 15) is 39.9 Å². The summed E-state index contributed by atoms with van der Waals surface area (Å²) in [6.07, 6.45) is -10.8. The van der Waals surface area contributed by atoms with Crippen molar-refractivity contribution in [3.63, 3.8) is 0 Å². The minimum Gasteiger partial charge on any atom is -0.478 e. The SMILES string of the molecule is Cn1nc(C(F)(F)C(F)(F)F)c(C(F)(F)F)c1-c1ncc(-c2cccc(C(=O)O)c2)s1. The van der Waals surface area contributed by atoms with Gasteiger partial charge >= 0.3 is 24.2 Å². The Morgan fingerprint density at radius 3 is 2.29 bits per heavy atom. The lowest BCUT2D eigenvalue weighted by Crippen LogP contribution is -2.36. The van der Waals surface area contributed by atoms with Crippen molar-refractivity contribution in [3.05, 3.63) is 47.3 Å². The van der Waals surface area contributed by atoms with Crippen molar-refractivity contribution in [1.82, 2.24) is 14.8 Å². The average molecular weight is 471 g/mol. The van der Waals surface area contributed by atoms with E-state index >= 15 is 0 Å². The highest BCUT2D eigenvalue weighted by Crippen LogP contribution is 2.50. The molecule has 0 unspecified atom stereocenters. The van der Waals surface area contributed by atoms with Crippen molar-refractivity contribution < 1.29 is 45.0 Å². The van der Waals surface area contributed by atoms with E-state index in [1.807, 2.05) is 0 Å². The van der Waals surface area contributed by atoms with Crippen LogP contribution in [0.1, 0.15) is 21.6 Å². The number of alkyl halides is 8. The zero-order valence-corrected chi connectivity index (χ0v) is 15.8. The summed E-state index contributed by atoms with van der Waals surface area (Å²) in [6.45, 7) is 0. The van der Waals surface area contributed by atoms with Gasteiger partial charge < -0.3 is 5.11 Å². The molecule has 166 valence electrons. The van der Waals surface area contributed by atoms with Gasteiger partial charge in [-0.3, -0.25) is 4.68 Å². The van der Waals surface area contributed by atoms with E-state index in [-0.39, 0.29) is 20.7 Å². The lowest BCUT2D eigenvalue weighted by molar-refractivity contribution is -0.292. The Bertz CT molecular complexity index is 1150. The zero-order chi connectivity index (χ0) is 23.4. The molecule has 2 aromatic heterocycles. The summed E-state index contributed by atoms with van der Waals surface area (Å²) in [5, 5.41) is 11.3. The van der Waals surface area contributed by atoms with Crippen molar-refractivity contribution in [2.24, 2.45) is 7.05 Å². The molecule has 3 rings (SSSR count). The first-order valence-corrected chi connectivity index (χ1v) is 8.85. The predicted octanol–water partition coefficient (Wildman–Crippen LogP) is 5.58. The highest BCUT2D eigenvalue weighted by molar-refractivity contribution is 7.18. The van der Waals surface area contributed by atoms with Gasteiger partial charge in [0.05, 0.1) is 10.4 Å². The highest BCUT2D eigenvalue weighted by Gasteiger charge is 2.64. The second-order valence-electron chi connectivity index (χ2n) is 6.18. The van der Waals surface area contributed by atoms with Crippen LogP contribution in [0.3, 0.4) is 0 Å². The van der Waals surface area contributed by atoms with Crippen LogP contribution in [0.4, 0.5) is 35.1 Å². The number of carbonyl (C=O) groups is 1. The fourth-order valence-electron chi connectivity index (χ4n) is 2.71. The van der Waals surface area contributed by atoms with E-state index in [0.29, 0.717) is 11.3 Å². The first-order valence-electron chi connectivity index (χ1n) is 8.03. The molecule has 1 aromatic carbocycles. The van der Waals surface area contributed by atoms with Crippen molar-refractivity contribution in [3.8, 4) is 21.1 Å². The third-order valence-corrected chi connectivity index (χ3v) is 5.14. The number of carboxylic acids is 1. The van der Waals surface area contributed by atoms with Gasteiger partial charge in [-0.1, -0.05) is 12.1 Å².